The van der Waals surface area contributed by atoms with E-state index in [0.717, 1.165) is 0 Å². The van der Waals surface area contributed by atoms with Crippen LogP contribution in [0.2, 0.25) is 0 Å². The Hall–Kier alpha value is -2.17. The van der Waals surface area contributed by atoms with Crippen LogP contribution in [-0.2, 0) is 14.4 Å². The number of benzene rings is 1. The van der Waals surface area contributed by atoms with Crippen LogP contribution in [0.25, 0.3) is 0 Å². The smallest absolute Gasteiger partial charge is 0.318 e. The molecular formula is C15H18O5. The molecule has 1 rings (SSSR count). The maximum atomic E-state index is 11.9. The summed E-state index contributed by atoms with van der Waals surface area (Å²) in [4.78, 5) is 34.3. The minimum Gasteiger partial charge on any atom is -0.481 e. The molecule has 0 radical (unpaired) electrons. The van der Waals surface area contributed by atoms with Gasteiger partial charge in [0.05, 0.1) is 0 Å². The van der Waals surface area contributed by atoms with Gasteiger partial charge < -0.3 is 10.2 Å². The van der Waals surface area contributed by atoms with Crippen LogP contribution in [0.1, 0.15) is 31.7 Å². The predicted octanol–water partition coefficient (Wildman–Crippen LogP) is 2.17. The van der Waals surface area contributed by atoms with Crippen LogP contribution >= 0.6 is 0 Å². The minimum atomic E-state index is -1.62. The van der Waals surface area contributed by atoms with Crippen molar-refractivity contribution < 1.29 is 24.6 Å². The van der Waals surface area contributed by atoms with E-state index >= 15 is 0 Å². The summed E-state index contributed by atoms with van der Waals surface area (Å²) in [6, 6.07) is 8.45. The summed E-state index contributed by atoms with van der Waals surface area (Å²) in [5.74, 6) is -5.75. The summed E-state index contributed by atoms with van der Waals surface area (Å²) in [6.45, 7) is 3.42. The van der Waals surface area contributed by atoms with E-state index in [4.69, 9.17) is 10.2 Å². The van der Waals surface area contributed by atoms with Gasteiger partial charge >= 0.3 is 11.9 Å². The summed E-state index contributed by atoms with van der Waals surface area (Å²) in [5, 5.41) is 18.3. The average molecular weight is 278 g/mol. The second kappa shape index (κ2) is 6.84. The van der Waals surface area contributed by atoms with Crippen molar-refractivity contribution in [2.45, 2.75) is 26.2 Å². The number of rotatable bonds is 7. The second-order valence-corrected chi connectivity index (χ2v) is 5.00. The van der Waals surface area contributed by atoms with Gasteiger partial charge in [-0.25, -0.2) is 0 Å². The van der Waals surface area contributed by atoms with Gasteiger partial charge in [-0.1, -0.05) is 44.2 Å². The van der Waals surface area contributed by atoms with Gasteiger partial charge in [0.1, 0.15) is 5.78 Å². The van der Waals surface area contributed by atoms with Crippen LogP contribution in [0, 0.1) is 11.8 Å². The highest BCUT2D eigenvalue weighted by Gasteiger charge is 2.37. The summed E-state index contributed by atoms with van der Waals surface area (Å²) in [7, 11) is 0. The van der Waals surface area contributed by atoms with Crippen LogP contribution in [0.4, 0.5) is 0 Å². The van der Waals surface area contributed by atoms with Gasteiger partial charge in [0.2, 0.25) is 0 Å². The maximum absolute atomic E-state index is 11.9. The zero-order valence-corrected chi connectivity index (χ0v) is 11.4. The van der Waals surface area contributed by atoms with E-state index in [1.165, 1.54) is 0 Å². The first kappa shape index (κ1) is 15.9. The van der Waals surface area contributed by atoms with E-state index in [1.54, 1.807) is 44.2 Å². The highest BCUT2D eigenvalue weighted by atomic mass is 16.4. The fourth-order valence-corrected chi connectivity index (χ4v) is 2.03. The van der Waals surface area contributed by atoms with Crippen LogP contribution in [0.15, 0.2) is 30.3 Å². The van der Waals surface area contributed by atoms with Gasteiger partial charge in [-0.3, -0.25) is 14.4 Å². The molecule has 0 amide bonds. The van der Waals surface area contributed by atoms with Crippen molar-refractivity contribution in [2.75, 3.05) is 0 Å². The standard InChI is InChI=1S/C15H18O5/c1-9(2)12(16)8-11(10-6-4-3-5-7-10)13(14(17)18)15(19)20/h3-7,9,11,13H,8H2,1-2H3,(H,17,18)(H,19,20). The Morgan fingerprint density at radius 1 is 1.00 bits per heavy atom. The molecule has 0 bridgehead atoms. The molecule has 1 aromatic rings. The molecule has 1 aromatic carbocycles. The number of hydrogen-bond donors (Lipinski definition) is 2. The molecule has 0 heterocycles. The zero-order valence-electron chi connectivity index (χ0n) is 11.4. The van der Waals surface area contributed by atoms with Crippen molar-refractivity contribution in [3.05, 3.63) is 35.9 Å². The topological polar surface area (TPSA) is 91.7 Å². The molecule has 108 valence electrons. The molecule has 0 fully saturated rings. The van der Waals surface area contributed by atoms with Crippen molar-refractivity contribution in [3.8, 4) is 0 Å². The van der Waals surface area contributed by atoms with Gasteiger partial charge in [-0.2, -0.15) is 0 Å². The lowest BCUT2D eigenvalue weighted by molar-refractivity contribution is -0.155. The monoisotopic (exact) mass is 278 g/mol. The van der Waals surface area contributed by atoms with E-state index < -0.39 is 23.8 Å². The Morgan fingerprint density at radius 3 is 1.90 bits per heavy atom. The summed E-state index contributed by atoms with van der Waals surface area (Å²) >= 11 is 0. The van der Waals surface area contributed by atoms with Crippen molar-refractivity contribution >= 4 is 17.7 Å². The normalized spacial score (nSPS) is 12.4. The van der Waals surface area contributed by atoms with E-state index in [2.05, 4.69) is 0 Å². The fraction of sp³-hybridized carbons (Fsp3) is 0.400. The Bertz CT molecular complexity index is 478. The number of carboxylic acid groups (broad SMARTS) is 2. The van der Waals surface area contributed by atoms with E-state index in [0.29, 0.717) is 5.56 Å². The number of ketones is 1. The Labute approximate surface area is 117 Å². The first-order chi connectivity index (χ1) is 9.34. The third-order valence-electron chi connectivity index (χ3n) is 3.23. The lowest BCUT2D eigenvalue weighted by atomic mass is 9.81. The SMILES string of the molecule is CC(C)C(=O)CC(c1ccccc1)C(C(=O)O)C(=O)O. The Morgan fingerprint density at radius 2 is 1.50 bits per heavy atom. The molecule has 0 spiro atoms. The number of carbonyl (C=O) groups excluding carboxylic acids is 1. The Kier molecular flexibility index (Phi) is 5.43. The molecule has 5 nitrogen and oxygen atoms in total. The summed E-state index contributed by atoms with van der Waals surface area (Å²) < 4.78 is 0. The number of Topliss-reactive ketones (excluding diaryl/α,β-unsaturated/α-hetero) is 1. The third kappa shape index (κ3) is 3.91. The number of aliphatic carboxylic acids is 2. The van der Waals surface area contributed by atoms with Crippen molar-refractivity contribution in [1.29, 1.82) is 0 Å². The van der Waals surface area contributed by atoms with Crippen molar-refractivity contribution in [1.82, 2.24) is 0 Å². The molecule has 0 aliphatic heterocycles. The van der Waals surface area contributed by atoms with Crippen LogP contribution in [-0.4, -0.2) is 27.9 Å². The van der Waals surface area contributed by atoms with Crippen molar-refractivity contribution in [2.24, 2.45) is 11.8 Å². The predicted molar refractivity (Wildman–Crippen MR) is 72.4 cm³/mol. The highest BCUT2D eigenvalue weighted by Crippen LogP contribution is 2.30. The first-order valence-electron chi connectivity index (χ1n) is 6.37. The molecule has 0 saturated carbocycles. The number of carbonyl (C=O) groups is 3. The quantitative estimate of drug-likeness (QED) is 0.746. The summed E-state index contributed by atoms with van der Waals surface area (Å²) in [6.07, 6.45) is -0.0923. The van der Waals surface area contributed by atoms with Crippen molar-refractivity contribution in [3.63, 3.8) is 0 Å². The molecule has 0 saturated heterocycles. The molecule has 2 N–H and O–H groups in total. The average Bonchev–Trinajstić information content (AvgIpc) is 2.37. The lowest BCUT2D eigenvalue weighted by Crippen LogP contribution is -2.32. The molecule has 0 aliphatic carbocycles. The largest absolute Gasteiger partial charge is 0.481 e. The van der Waals surface area contributed by atoms with Crippen LogP contribution in [0.3, 0.4) is 0 Å². The van der Waals surface area contributed by atoms with Gasteiger partial charge in [-0.05, 0) is 5.56 Å². The van der Waals surface area contributed by atoms with E-state index in [-0.39, 0.29) is 18.1 Å². The number of carboxylic acids is 2. The molecule has 1 unspecified atom stereocenters. The zero-order chi connectivity index (χ0) is 15.3. The van der Waals surface area contributed by atoms with Crippen LogP contribution in [0.5, 0.6) is 0 Å². The first-order valence-corrected chi connectivity index (χ1v) is 6.37. The van der Waals surface area contributed by atoms with Gasteiger partial charge in [-0.15, -0.1) is 0 Å². The maximum Gasteiger partial charge on any atom is 0.318 e. The number of hydrogen-bond acceptors (Lipinski definition) is 3. The highest BCUT2D eigenvalue weighted by molar-refractivity contribution is 5.95. The molecule has 1 atom stereocenters. The molecule has 0 aliphatic rings. The van der Waals surface area contributed by atoms with E-state index in [9.17, 15) is 14.4 Å². The van der Waals surface area contributed by atoms with E-state index in [1.807, 2.05) is 0 Å². The molecule has 0 aromatic heterocycles. The van der Waals surface area contributed by atoms with Gasteiger partial charge in [0.25, 0.3) is 0 Å². The fourth-order valence-electron chi connectivity index (χ4n) is 2.03. The summed E-state index contributed by atoms with van der Waals surface area (Å²) in [5.41, 5.74) is 0.552. The Balaban J connectivity index is 3.16. The van der Waals surface area contributed by atoms with Gasteiger partial charge in [0.15, 0.2) is 5.92 Å². The minimum absolute atomic E-state index is 0.0923. The van der Waals surface area contributed by atoms with Crippen LogP contribution < -0.4 is 0 Å². The molecule has 5 heteroatoms. The molecular weight excluding hydrogens is 260 g/mol. The van der Waals surface area contributed by atoms with Gasteiger partial charge in [0, 0.05) is 18.3 Å². The molecule has 20 heavy (non-hydrogen) atoms. The second-order valence-electron chi connectivity index (χ2n) is 5.00. The third-order valence-corrected chi connectivity index (χ3v) is 3.23. The lowest BCUT2D eigenvalue weighted by Gasteiger charge is -2.21.